The van der Waals surface area contributed by atoms with Crippen LogP contribution in [0.25, 0.3) is 0 Å². The highest BCUT2D eigenvalue weighted by molar-refractivity contribution is 7.91. The van der Waals surface area contributed by atoms with Crippen molar-refractivity contribution in [2.24, 2.45) is 0 Å². The molecule has 0 atom stereocenters. The number of nitrogens with one attached hydrogen (secondary N) is 1. The minimum Gasteiger partial charge on any atom is -0.395 e. The van der Waals surface area contributed by atoms with Crippen molar-refractivity contribution in [3.05, 3.63) is 48.0 Å². The van der Waals surface area contributed by atoms with Gasteiger partial charge in [0.2, 0.25) is 9.84 Å². The lowest BCUT2D eigenvalue weighted by molar-refractivity contribution is -0.286. The first-order valence-corrected chi connectivity index (χ1v) is 8.46. The molecule has 0 saturated heterocycles. The number of hydrogen-bond donors (Lipinski definition) is 1. The Balaban J connectivity index is 1.75. The minimum atomic E-state index is -4.76. The molecule has 1 heterocycles. The van der Waals surface area contributed by atoms with E-state index in [-0.39, 0.29) is 22.7 Å². The number of halogens is 4. The Morgan fingerprint density at radius 2 is 1.62 bits per heavy atom. The SMILES string of the molecule is O=C(Nc1ccc2c(c1)OC(F)(F)O2)c1ccc(S(=O)(=O)C(F)F)cc1. The van der Waals surface area contributed by atoms with Crippen molar-refractivity contribution in [3.8, 4) is 11.5 Å². The Morgan fingerprint density at radius 1 is 1.00 bits per heavy atom. The molecule has 6 nitrogen and oxygen atoms in total. The lowest BCUT2D eigenvalue weighted by Crippen LogP contribution is -2.25. The maximum absolute atomic E-state index is 13.0. The molecule has 1 aliphatic rings. The normalized spacial score (nSPS) is 15.1. The van der Waals surface area contributed by atoms with Crippen LogP contribution in [0.3, 0.4) is 0 Å². The van der Waals surface area contributed by atoms with E-state index in [1.807, 2.05) is 0 Å². The number of fused-ring (bicyclic) bond motifs is 1. The molecule has 26 heavy (non-hydrogen) atoms. The molecule has 0 aliphatic carbocycles. The van der Waals surface area contributed by atoms with E-state index in [0.717, 1.165) is 30.3 Å². The first-order chi connectivity index (χ1) is 12.1. The smallest absolute Gasteiger partial charge is 0.395 e. The van der Waals surface area contributed by atoms with E-state index in [4.69, 9.17) is 0 Å². The minimum absolute atomic E-state index is 0.0267. The number of amides is 1. The van der Waals surface area contributed by atoms with Crippen LogP contribution in [0.15, 0.2) is 47.4 Å². The van der Waals surface area contributed by atoms with Gasteiger partial charge in [0.1, 0.15) is 0 Å². The number of sulfone groups is 1. The summed E-state index contributed by atoms with van der Waals surface area (Å²) >= 11 is 0. The lowest BCUT2D eigenvalue weighted by Gasteiger charge is -2.07. The van der Waals surface area contributed by atoms with Crippen LogP contribution in [0, 0.1) is 0 Å². The number of ether oxygens (including phenoxy) is 2. The van der Waals surface area contributed by atoms with Crippen LogP contribution in [-0.4, -0.2) is 26.4 Å². The zero-order valence-electron chi connectivity index (χ0n) is 12.6. The van der Waals surface area contributed by atoms with Gasteiger partial charge in [-0.1, -0.05) is 0 Å². The van der Waals surface area contributed by atoms with Gasteiger partial charge < -0.3 is 14.8 Å². The van der Waals surface area contributed by atoms with Crippen LogP contribution in [0.5, 0.6) is 11.5 Å². The summed E-state index contributed by atoms with van der Waals surface area (Å²) in [5.74, 6) is -4.76. The molecular formula is C15H9F4NO5S. The average Bonchev–Trinajstić information content (AvgIpc) is 2.87. The van der Waals surface area contributed by atoms with Crippen LogP contribution in [0.4, 0.5) is 23.2 Å². The van der Waals surface area contributed by atoms with Gasteiger partial charge in [-0.15, -0.1) is 8.78 Å². The van der Waals surface area contributed by atoms with Gasteiger partial charge >= 0.3 is 12.1 Å². The number of anilines is 1. The van der Waals surface area contributed by atoms with E-state index in [2.05, 4.69) is 14.8 Å². The van der Waals surface area contributed by atoms with Crippen LogP contribution in [0.2, 0.25) is 0 Å². The van der Waals surface area contributed by atoms with E-state index in [0.29, 0.717) is 0 Å². The Bertz CT molecular complexity index is 961. The molecule has 0 unspecified atom stereocenters. The predicted octanol–water partition coefficient (Wildman–Crippen LogP) is 3.26. The molecule has 11 heteroatoms. The van der Waals surface area contributed by atoms with Gasteiger partial charge in [-0.05, 0) is 36.4 Å². The average molecular weight is 391 g/mol. The van der Waals surface area contributed by atoms with Crippen LogP contribution < -0.4 is 14.8 Å². The largest absolute Gasteiger partial charge is 0.586 e. The topological polar surface area (TPSA) is 81.7 Å². The third-order valence-corrected chi connectivity index (χ3v) is 4.74. The summed E-state index contributed by atoms with van der Waals surface area (Å²) in [6, 6.07) is 7.41. The maximum atomic E-state index is 13.0. The Labute approximate surface area is 144 Å². The summed E-state index contributed by atoms with van der Waals surface area (Å²) in [6.07, 6.45) is -3.79. The van der Waals surface area contributed by atoms with E-state index in [1.165, 1.54) is 12.1 Å². The van der Waals surface area contributed by atoms with Gasteiger partial charge in [0.05, 0.1) is 4.90 Å². The molecule has 1 amide bonds. The Hall–Kier alpha value is -2.82. The summed E-state index contributed by atoms with van der Waals surface area (Å²) in [7, 11) is -4.76. The first kappa shape index (κ1) is 18.0. The zero-order valence-corrected chi connectivity index (χ0v) is 13.4. The molecule has 1 aliphatic heterocycles. The molecule has 0 bridgehead atoms. The van der Waals surface area contributed by atoms with Gasteiger partial charge in [0.25, 0.3) is 5.91 Å². The molecule has 3 rings (SSSR count). The second kappa shape index (κ2) is 6.16. The zero-order chi connectivity index (χ0) is 19.1. The van der Waals surface area contributed by atoms with Crippen LogP contribution in [0.1, 0.15) is 10.4 Å². The fraction of sp³-hybridized carbons (Fsp3) is 0.133. The summed E-state index contributed by atoms with van der Waals surface area (Å²) in [5, 5.41) is 2.38. The fourth-order valence-corrected chi connectivity index (χ4v) is 2.85. The molecule has 0 fully saturated rings. The summed E-state index contributed by atoms with van der Waals surface area (Å²) in [6.45, 7) is 0. The molecule has 0 spiro atoms. The molecule has 1 N–H and O–H groups in total. The molecular weight excluding hydrogens is 382 g/mol. The highest BCUT2D eigenvalue weighted by atomic mass is 32.2. The van der Waals surface area contributed by atoms with Crippen molar-refractivity contribution >= 4 is 21.4 Å². The molecule has 2 aromatic carbocycles. The van der Waals surface area contributed by atoms with Gasteiger partial charge in [-0.25, -0.2) is 8.42 Å². The van der Waals surface area contributed by atoms with Crippen LogP contribution in [-0.2, 0) is 9.84 Å². The Kier molecular flexibility index (Phi) is 4.26. The number of benzene rings is 2. The third-order valence-electron chi connectivity index (χ3n) is 3.34. The van der Waals surface area contributed by atoms with Gasteiger partial charge in [-0.2, -0.15) is 8.78 Å². The van der Waals surface area contributed by atoms with Gasteiger partial charge in [0, 0.05) is 17.3 Å². The number of carbonyl (C=O) groups is 1. The fourth-order valence-electron chi connectivity index (χ4n) is 2.13. The van der Waals surface area contributed by atoms with Crippen molar-refractivity contribution in [3.63, 3.8) is 0 Å². The summed E-state index contributed by atoms with van der Waals surface area (Å²) < 4.78 is 82.0. The van der Waals surface area contributed by atoms with E-state index in [9.17, 15) is 30.8 Å². The van der Waals surface area contributed by atoms with Crippen molar-refractivity contribution < 1.29 is 40.2 Å². The van der Waals surface area contributed by atoms with Crippen molar-refractivity contribution in [1.29, 1.82) is 0 Å². The van der Waals surface area contributed by atoms with Crippen molar-refractivity contribution in [2.45, 2.75) is 16.9 Å². The summed E-state index contributed by atoms with van der Waals surface area (Å²) in [5.41, 5.74) is 0.0838. The van der Waals surface area contributed by atoms with E-state index >= 15 is 0 Å². The number of carbonyl (C=O) groups excluding carboxylic acids is 1. The monoisotopic (exact) mass is 391 g/mol. The second-order valence-corrected chi connectivity index (χ2v) is 7.03. The van der Waals surface area contributed by atoms with Gasteiger partial charge in [0.15, 0.2) is 11.5 Å². The van der Waals surface area contributed by atoms with Gasteiger partial charge in [-0.3, -0.25) is 4.79 Å². The molecule has 0 radical (unpaired) electrons. The van der Waals surface area contributed by atoms with Crippen LogP contribution >= 0.6 is 0 Å². The predicted molar refractivity (Wildman–Crippen MR) is 80.2 cm³/mol. The maximum Gasteiger partial charge on any atom is 0.586 e. The molecule has 2 aromatic rings. The summed E-state index contributed by atoms with van der Waals surface area (Å²) in [4.78, 5) is 11.5. The number of alkyl halides is 4. The number of rotatable bonds is 4. The third kappa shape index (κ3) is 3.43. The molecule has 138 valence electrons. The lowest BCUT2D eigenvalue weighted by atomic mass is 10.2. The van der Waals surface area contributed by atoms with Crippen molar-refractivity contribution in [1.82, 2.24) is 0 Å². The second-order valence-electron chi connectivity index (χ2n) is 5.11. The quantitative estimate of drug-likeness (QED) is 0.810. The highest BCUT2D eigenvalue weighted by Crippen LogP contribution is 2.42. The van der Waals surface area contributed by atoms with E-state index < -0.39 is 32.7 Å². The first-order valence-electron chi connectivity index (χ1n) is 6.92. The van der Waals surface area contributed by atoms with E-state index in [1.54, 1.807) is 0 Å². The molecule has 0 aromatic heterocycles. The number of hydrogen-bond acceptors (Lipinski definition) is 5. The highest BCUT2D eigenvalue weighted by Gasteiger charge is 2.43. The van der Waals surface area contributed by atoms with Crippen molar-refractivity contribution in [2.75, 3.05) is 5.32 Å². The Morgan fingerprint density at radius 3 is 2.23 bits per heavy atom. The standard InChI is InChI=1S/C15H9F4NO5S/c16-14(17)26(22,23)10-4-1-8(2-5-10)13(21)20-9-3-6-11-12(7-9)25-15(18,19)24-11/h1-7,14H,(H,20,21). The molecule has 0 saturated carbocycles.